The summed E-state index contributed by atoms with van der Waals surface area (Å²) in [6, 6.07) is 8.21. The lowest BCUT2D eigenvalue weighted by atomic mass is 10.2. The van der Waals surface area contributed by atoms with Crippen molar-refractivity contribution in [3.8, 4) is 0 Å². The summed E-state index contributed by atoms with van der Waals surface area (Å²) >= 11 is 7.45. The molecule has 0 bridgehead atoms. The first-order chi connectivity index (χ1) is 9.08. The molecule has 1 heterocycles. The van der Waals surface area contributed by atoms with Gasteiger partial charge in [0.1, 0.15) is 10.7 Å². The van der Waals surface area contributed by atoms with Gasteiger partial charge in [-0.05, 0) is 23.8 Å². The Labute approximate surface area is 118 Å². The zero-order valence-electron chi connectivity index (χ0n) is 9.75. The van der Waals surface area contributed by atoms with Crippen molar-refractivity contribution < 1.29 is 4.92 Å². The van der Waals surface area contributed by atoms with E-state index >= 15 is 0 Å². The number of hydrogen-bond donors (Lipinski definition) is 1. The molecule has 0 aliphatic carbocycles. The van der Waals surface area contributed by atoms with E-state index < -0.39 is 4.92 Å². The van der Waals surface area contributed by atoms with Crippen molar-refractivity contribution in [2.75, 3.05) is 5.73 Å². The standard InChI is InChI=1S/C12H10ClN3O2S/c13-9-2-1-5-15-12(9)19-7-8-3-4-11(16(17)18)10(14)6-8/h1-6H,7,14H2. The summed E-state index contributed by atoms with van der Waals surface area (Å²) in [4.78, 5) is 14.3. The van der Waals surface area contributed by atoms with E-state index in [-0.39, 0.29) is 11.4 Å². The lowest BCUT2D eigenvalue weighted by Gasteiger charge is -2.04. The van der Waals surface area contributed by atoms with Gasteiger partial charge in [-0.3, -0.25) is 10.1 Å². The number of thioether (sulfide) groups is 1. The number of nitro benzene ring substituents is 1. The molecule has 1 aromatic carbocycles. The van der Waals surface area contributed by atoms with Gasteiger partial charge in [0, 0.05) is 18.0 Å². The molecule has 0 aliphatic rings. The largest absolute Gasteiger partial charge is 0.393 e. The van der Waals surface area contributed by atoms with Gasteiger partial charge in [-0.25, -0.2) is 4.98 Å². The molecule has 1 aromatic heterocycles. The Morgan fingerprint density at radius 3 is 2.84 bits per heavy atom. The van der Waals surface area contributed by atoms with Crippen LogP contribution in [0.4, 0.5) is 11.4 Å². The molecule has 0 radical (unpaired) electrons. The number of aromatic nitrogens is 1. The fourth-order valence-electron chi connectivity index (χ4n) is 1.49. The van der Waals surface area contributed by atoms with Gasteiger partial charge in [-0.1, -0.05) is 17.7 Å². The van der Waals surface area contributed by atoms with Crippen LogP contribution in [0.3, 0.4) is 0 Å². The van der Waals surface area contributed by atoms with Crippen molar-refractivity contribution in [2.24, 2.45) is 0 Å². The summed E-state index contributed by atoms with van der Waals surface area (Å²) in [5, 5.41) is 12.0. The second kappa shape index (κ2) is 5.90. The third kappa shape index (κ3) is 3.36. The predicted octanol–water partition coefficient (Wildman–Crippen LogP) is 3.52. The number of hydrogen-bond acceptors (Lipinski definition) is 5. The minimum atomic E-state index is -0.498. The highest BCUT2D eigenvalue weighted by atomic mass is 35.5. The molecule has 19 heavy (non-hydrogen) atoms. The van der Waals surface area contributed by atoms with Gasteiger partial charge in [-0.15, -0.1) is 11.8 Å². The monoisotopic (exact) mass is 295 g/mol. The molecule has 0 saturated carbocycles. The topological polar surface area (TPSA) is 82.0 Å². The molecule has 0 fully saturated rings. The third-order valence-corrected chi connectivity index (χ3v) is 3.88. The number of pyridine rings is 1. The van der Waals surface area contributed by atoms with Gasteiger partial charge >= 0.3 is 0 Å². The van der Waals surface area contributed by atoms with Gasteiger partial charge in [0.2, 0.25) is 0 Å². The van der Waals surface area contributed by atoms with E-state index in [0.29, 0.717) is 10.8 Å². The van der Waals surface area contributed by atoms with Crippen LogP contribution in [0.5, 0.6) is 0 Å². The summed E-state index contributed by atoms with van der Waals surface area (Å²) in [5.41, 5.74) is 6.60. The summed E-state index contributed by atoms with van der Waals surface area (Å²) in [5.74, 6) is 0.596. The molecule has 5 nitrogen and oxygen atoms in total. The summed E-state index contributed by atoms with van der Waals surface area (Å²) in [6.45, 7) is 0. The first-order valence-corrected chi connectivity index (χ1v) is 6.70. The van der Waals surface area contributed by atoms with Crippen molar-refractivity contribution in [1.82, 2.24) is 4.98 Å². The zero-order chi connectivity index (χ0) is 13.8. The van der Waals surface area contributed by atoms with Crippen LogP contribution >= 0.6 is 23.4 Å². The molecule has 0 spiro atoms. The number of rotatable bonds is 4. The predicted molar refractivity (Wildman–Crippen MR) is 76.3 cm³/mol. The fourth-order valence-corrected chi connectivity index (χ4v) is 2.60. The third-order valence-electron chi connectivity index (χ3n) is 2.39. The normalized spacial score (nSPS) is 10.4. The van der Waals surface area contributed by atoms with Gasteiger partial charge in [0.15, 0.2) is 0 Å². The Kier molecular flexibility index (Phi) is 4.24. The van der Waals surface area contributed by atoms with Crippen LogP contribution in [-0.2, 0) is 5.75 Å². The van der Waals surface area contributed by atoms with E-state index in [1.807, 2.05) is 0 Å². The van der Waals surface area contributed by atoms with Crippen LogP contribution in [-0.4, -0.2) is 9.91 Å². The van der Waals surface area contributed by atoms with Gasteiger partial charge in [0.25, 0.3) is 5.69 Å². The molecule has 98 valence electrons. The molecular formula is C12H10ClN3O2S. The maximum Gasteiger partial charge on any atom is 0.292 e. The van der Waals surface area contributed by atoms with E-state index in [4.69, 9.17) is 17.3 Å². The number of nitrogens with zero attached hydrogens (tertiary/aromatic N) is 2. The summed E-state index contributed by atoms with van der Waals surface area (Å²) < 4.78 is 0. The minimum absolute atomic E-state index is 0.0791. The SMILES string of the molecule is Nc1cc(CSc2ncccc2Cl)ccc1[N+](=O)[O-]. The van der Waals surface area contributed by atoms with Crippen molar-refractivity contribution in [1.29, 1.82) is 0 Å². The van der Waals surface area contributed by atoms with Crippen molar-refractivity contribution in [3.63, 3.8) is 0 Å². The quantitative estimate of drug-likeness (QED) is 0.404. The molecule has 2 aromatic rings. The maximum absolute atomic E-state index is 10.6. The fraction of sp³-hybridized carbons (Fsp3) is 0.0833. The first-order valence-electron chi connectivity index (χ1n) is 5.34. The van der Waals surface area contributed by atoms with Crippen molar-refractivity contribution in [2.45, 2.75) is 10.8 Å². The van der Waals surface area contributed by atoms with Crippen LogP contribution in [0.1, 0.15) is 5.56 Å². The smallest absolute Gasteiger partial charge is 0.292 e. The van der Waals surface area contributed by atoms with Gasteiger partial charge in [-0.2, -0.15) is 0 Å². The minimum Gasteiger partial charge on any atom is -0.393 e. The average Bonchev–Trinajstić information content (AvgIpc) is 2.37. The molecule has 7 heteroatoms. The van der Waals surface area contributed by atoms with E-state index in [1.54, 1.807) is 30.5 Å². The number of nitro groups is 1. The second-order valence-electron chi connectivity index (χ2n) is 3.73. The Morgan fingerprint density at radius 2 is 2.21 bits per heavy atom. The molecule has 2 N–H and O–H groups in total. The van der Waals surface area contributed by atoms with Crippen molar-refractivity contribution in [3.05, 3.63) is 57.2 Å². The van der Waals surface area contributed by atoms with Gasteiger partial charge < -0.3 is 5.73 Å². The molecule has 0 aliphatic heterocycles. The molecule has 0 amide bonds. The zero-order valence-corrected chi connectivity index (χ0v) is 11.3. The van der Waals surface area contributed by atoms with E-state index in [9.17, 15) is 10.1 Å². The summed E-state index contributed by atoms with van der Waals surface area (Å²) in [6.07, 6.45) is 1.67. The highest BCUT2D eigenvalue weighted by molar-refractivity contribution is 7.98. The van der Waals surface area contributed by atoms with Crippen LogP contribution < -0.4 is 5.73 Å². The number of halogens is 1. The van der Waals surface area contributed by atoms with E-state index in [2.05, 4.69) is 4.98 Å². The number of nitrogen functional groups attached to an aromatic ring is 1. The lowest BCUT2D eigenvalue weighted by Crippen LogP contribution is -1.96. The summed E-state index contributed by atoms with van der Waals surface area (Å²) in [7, 11) is 0. The molecule has 0 unspecified atom stereocenters. The Balaban J connectivity index is 2.11. The average molecular weight is 296 g/mol. The number of benzene rings is 1. The van der Waals surface area contributed by atoms with Crippen LogP contribution in [0, 0.1) is 10.1 Å². The Morgan fingerprint density at radius 1 is 1.42 bits per heavy atom. The van der Waals surface area contributed by atoms with E-state index in [0.717, 1.165) is 10.6 Å². The molecule has 0 saturated heterocycles. The number of anilines is 1. The molecule has 2 rings (SSSR count). The lowest BCUT2D eigenvalue weighted by molar-refractivity contribution is -0.383. The molecular weight excluding hydrogens is 286 g/mol. The Hall–Kier alpha value is -1.79. The molecule has 0 atom stereocenters. The van der Waals surface area contributed by atoms with Gasteiger partial charge in [0.05, 0.1) is 9.95 Å². The van der Waals surface area contributed by atoms with E-state index in [1.165, 1.54) is 17.8 Å². The van der Waals surface area contributed by atoms with Crippen LogP contribution in [0.2, 0.25) is 5.02 Å². The second-order valence-corrected chi connectivity index (χ2v) is 5.10. The first kappa shape index (κ1) is 13.6. The highest BCUT2D eigenvalue weighted by Gasteiger charge is 2.11. The van der Waals surface area contributed by atoms with Crippen molar-refractivity contribution >= 4 is 34.7 Å². The van der Waals surface area contributed by atoms with Crippen LogP contribution in [0.15, 0.2) is 41.6 Å². The highest BCUT2D eigenvalue weighted by Crippen LogP contribution is 2.29. The number of nitrogens with two attached hydrogens (primary N) is 1. The maximum atomic E-state index is 10.6. The Bertz CT molecular complexity index is 622. The van der Waals surface area contributed by atoms with Crippen LogP contribution in [0.25, 0.3) is 0 Å².